The van der Waals surface area contributed by atoms with Crippen molar-refractivity contribution in [2.45, 2.75) is 13.0 Å². The van der Waals surface area contributed by atoms with Crippen molar-refractivity contribution in [2.75, 3.05) is 27.2 Å². The maximum absolute atomic E-state index is 12.2. The average Bonchev–Trinajstić information content (AvgIpc) is 3.35. The van der Waals surface area contributed by atoms with Crippen LogP contribution in [0.2, 0.25) is 4.34 Å². The first-order chi connectivity index (χ1) is 13.9. The van der Waals surface area contributed by atoms with Gasteiger partial charge in [0.05, 0.1) is 28.1 Å². The standard InChI is InChI=1S/C20H23ClN4O3S/c1-4-27-16-9-12(19(22)25(2)3)5-6-14(16)15-10-13(28-24-15)11-23-20(26)17-7-8-18(21)29-17/h5-10,13,22,24H,4,11H2,1-3H3,(H,23,26). The van der Waals surface area contributed by atoms with E-state index in [2.05, 4.69) is 10.8 Å². The van der Waals surface area contributed by atoms with Gasteiger partial charge in [-0.25, -0.2) is 0 Å². The number of hydroxylamine groups is 1. The molecule has 1 aliphatic heterocycles. The zero-order valence-corrected chi connectivity index (χ0v) is 18.0. The van der Waals surface area contributed by atoms with Gasteiger partial charge in [-0.05, 0) is 37.3 Å². The van der Waals surface area contributed by atoms with Crippen LogP contribution < -0.4 is 15.5 Å². The van der Waals surface area contributed by atoms with E-state index in [9.17, 15) is 4.79 Å². The van der Waals surface area contributed by atoms with Crippen LogP contribution in [0, 0.1) is 5.41 Å². The summed E-state index contributed by atoms with van der Waals surface area (Å²) in [6.45, 7) is 2.73. The molecule has 1 aromatic heterocycles. The summed E-state index contributed by atoms with van der Waals surface area (Å²) in [6, 6.07) is 9.01. The molecule has 9 heteroatoms. The zero-order valence-electron chi connectivity index (χ0n) is 16.4. The van der Waals surface area contributed by atoms with E-state index in [4.69, 9.17) is 26.6 Å². The molecule has 1 amide bonds. The summed E-state index contributed by atoms with van der Waals surface area (Å²) >= 11 is 7.11. The maximum atomic E-state index is 12.2. The number of ether oxygens (including phenoxy) is 1. The fourth-order valence-electron chi connectivity index (χ4n) is 2.78. The van der Waals surface area contributed by atoms with Gasteiger partial charge in [-0.2, -0.15) is 0 Å². The highest BCUT2D eigenvalue weighted by Crippen LogP contribution is 2.29. The molecule has 1 aliphatic rings. The molecule has 29 heavy (non-hydrogen) atoms. The summed E-state index contributed by atoms with van der Waals surface area (Å²) in [7, 11) is 3.66. The van der Waals surface area contributed by atoms with Gasteiger partial charge in [-0.3, -0.25) is 20.5 Å². The van der Waals surface area contributed by atoms with Gasteiger partial charge in [-0.1, -0.05) is 17.7 Å². The summed E-state index contributed by atoms with van der Waals surface area (Å²) in [5.74, 6) is 0.877. The van der Waals surface area contributed by atoms with Crippen molar-refractivity contribution in [3.63, 3.8) is 0 Å². The van der Waals surface area contributed by atoms with Gasteiger partial charge >= 0.3 is 0 Å². The Morgan fingerprint density at radius 2 is 2.17 bits per heavy atom. The van der Waals surface area contributed by atoms with Crippen LogP contribution in [0.5, 0.6) is 5.75 Å². The Kier molecular flexibility index (Phi) is 6.79. The molecule has 0 spiro atoms. The predicted octanol–water partition coefficient (Wildman–Crippen LogP) is 3.36. The fraction of sp³-hybridized carbons (Fsp3) is 0.300. The number of benzene rings is 1. The largest absolute Gasteiger partial charge is 0.493 e. The number of nitrogens with one attached hydrogen (secondary N) is 3. The topological polar surface area (TPSA) is 86.7 Å². The van der Waals surface area contributed by atoms with E-state index in [0.29, 0.717) is 34.0 Å². The average molecular weight is 435 g/mol. The molecule has 1 aromatic carbocycles. The number of amidine groups is 1. The van der Waals surface area contributed by atoms with E-state index in [-0.39, 0.29) is 12.0 Å². The molecule has 0 radical (unpaired) electrons. The molecule has 0 aliphatic carbocycles. The molecule has 154 valence electrons. The highest BCUT2D eigenvalue weighted by atomic mass is 35.5. The molecule has 2 aromatic rings. The zero-order chi connectivity index (χ0) is 21.0. The second-order valence-corrected chi connectivity index (χ2v) is 8.25. The predicted molar refractivity (Wildman–Crippen MR) is 116 cm³/mol. The van der Waals surface area contributed by atoms with E-state index in [1.165, 1.54) is 11.3 Å². The molecule has 2 heterocycles. The molecular formula is C20H23ClN4O3S. The van der Waals surface area contributed by atoms with Crippen LogP contribution in [0.3, 0.4) is 0 Å². The Bertz CT molecular complexity index is 942. The summed E-state index contributed by atoms with van der Waals surface area (Å²) in [5.41, 5.74) is 5.27. The molecule has 3 rings (SSSR count). The molecule has 1 unspecified atom stereocenters. The van der Waals surface area contributed by atoms with Gasteiger partial charge in [0.15, 0.2) is 0 Å². The van der Waals surface area contributed by atoms with Crippen LogP contribution in [0.1, 0.15) is 27.7 Å². The lowest BCUT2D eigenvalue weighted by Gasteiger charge is -2.17. The Morgan fingerprint density at radius 3 is 2.83 bits per heavy atom. The van der Waals surface area contributed by atoms with E-state index >= 15 is 0 Å². The minimum atomic E-state index is -0.321. The Hall–Kier alpha value is -2.55. The molecule has 1 atom stereocenters. The molecule has 3 N–H and O–H groups in total. The number of halogens is 1. The molecule has 0 saturated heterocycles. The lowest BCUT2D eigenvalue weighted by Crippen LogP contribution is -2.31. The van der Waals surface area contributed by atoms with Gasteiger partial charge in [0.25, 0.3) is 5.91 Å². The molecule has 0 bridgehead atoms. The van der Waals surface area contributed by atoms with E-state index < -0.39 is 0 Å². The third-order valence-electron chi connectivity index (χ3n) is 4.23. The minimum absolute atomic E-state index is 0.186. The van der Waals surface area contributed by atoms with Crippen molar-refractivity contribution >= 4 is 40.4 Å². The van der Waals surface area contributed by atoms with E-state index in [1.54, 1.807) is 17.0 Å². The van der Waals surface area contributed by atoms with Crippen LogP contribution in [0.4, 0.5) is 0 Å². The van der Waals surface area contributed by atoms with Gasteiger partial charge < -0.3 is 15.0 Å². The first-order valence-electron chi connectivity index (χ1n) is 9.09. The second kappa shape index (κ2) is 9.30. The van der Waals surface area contributed by atoms with Crippen molar-refractivity contribution in [2.24, 2.45) is 0 Å². The number of hydrogen-bond acceptors (Lipinski definition) is 6. The molecule has 7 nitrogen and oxygen atoms in total. The maximum Gasteiger partial charge on any atom is 0.261 e. The number of thiophene rings is 1. The summed E-state index contributed by atoms with van der Waals surface area (Å²) < 4.78 is 6.36. The van der Waals surface area contributed by atoms with Crippen molar-refractivity contribution < 1.29 is 14.4 Å². The summed E-state index contributed by atoms with van der Waals surface area (Å²) in [6.07, 6.45) is 1.58. The van der Waals surface area contributed by atoms with Crippen molar-refractivity contribution in [3.05, 3.63) is 56.7 Å². The highest BCUT2D eigenvalue weighted by molar-refractivity contribution is 7.17. The van der Waals surface area contributed by atoms with E-state index in [1.807, 2.05) is 45.3 Å². The summed E-state index contributed by atoms with van der Waals surface area (Å²) in [5, 5.41) is 11.0. The number of rotatable bonds is 7. The number of nitrogens with zero attached hydrogens (tertiary/aromatic N) is 1. The van der Waals surface area contributed by atoms with Crippen LogP contribution >= 0.6 is 22.9 Å². The van der Waals surface area contributed by atoms with Gasteiger partial charge in [-0.15, -0.1) is 11.3 Å². The van der Waals surface area contributed by atoms with E-state index in [0.717, 1.165) is 16.8 Å². The number of hydrogen-bond donors (Lipinski definition) is 3. The van der Waals surface area contributed by atoms with Crippen LogP contribution in [-0.4, -0.2) is 50.0 Å². The smallest absolute Gasteiger partial charge is 0.261 e. The quantitative estimate of drug-likeness (QED) is 0.459. The normalized spacial score (nSPS) is 15.4. The highest BCUT2D eigenvalue weighted by Gasteiger charge is 2.22. The van der Waals surface area contributed by atoms with Crippen molar-refractivity contribution in [1.29, 1.82) is 5.41 Å². The van der Waals surface area contributed by atoms with Crippen molar-refractivity contribution in [3.8, 4) is 5.75 Å². The first-order valence-corrected chi connectivity index (χ1v) is 10.3. The molecule has 0 saturated carbocycles. The van der Waals surface area contributed by atoms with Crippen molar-refractivity contribution in [1.82, 2.24) is 15.7 Å². The number of carbonyl (C=O) groups excluding carboxylic acids is 1. The SMILES string of the molecule is CCOc1cc(C(=N)N(C)C)ccc1C1=CC(CNC(=O)c2ccc(Cl)s2)ON1. The number of amides is 1. The Balaban J connectivity index is 1.71. The summed E-state index contributed by atoms with van der Waals surface area (Å²) in [4.78, 5) is 20.0. The third-order valence-corrected chi connectivity index (χ3v) is 5.46. The van der Waals surface area contributed by atoms with Crippen LogP contribution in [0.15, 0.2) is 36.4 Å². The lowest BCUT2D eigenvalue weighted by atomic mass is 10.1. The van der Waals surface area contributed by atoms with Gasteiger partial charge in [0.1, 0.15) is 17.7 Å². The monoisotopic (exact) mass is 434 g/mol. The van der Waals surface area contributed by atoms with Gasteiger partial charge in [0, 0.05) is 25.2 Å². The third kappa shape index (κ3) is 5.09. The minimum Gasteiger partial charge on any atom is -0.493 e. The number of carbonyl (C=O) groups is 1. The van der Waals surface area contributed by atoms with Gasteiger partial charge in [0.2, 0.25) is 0 Å². The fourth-order valence-corrected chi connectivity index (χ4v) is 3.74. The Labute approximate surface area is 178 Å². The second-order valence-electron chi connectivity index (χ2n) is 6.54. The Morgan fingerprint density at radius 1 is 1.38 bits per heavy atom. The van der Waals surface area contributed by atoms with Crippen LogP contribution in [-0.2, 0) is 4.84 Å². The first kappa shape index (κ1) is 21.2. The molecular weight excluding hydrogens is 412 g/mol. The lowest BCUT2D eigenvalue weighted by molar-refractivity contribution is 0.0498. The molecule has 0 fully saturated rings. The van der Waals surface area contributed by atoms with Crippen LogP contribution in [0.25, 0.3) is 5.70 Å².